The Bertz CT molecular complexity index is 574. The second kappa shape index (κ2) is 8.92. The molecule has 3 rings (SSSR count). The molecule has 3 fully saturated rings. The molecule has 2 amide bonds. The van der Waals surface area contributed by atoms with E-state index in [4.69, 9.17) is 0 Å². The molecule has 8 heteroatoms. The number of aliphatic carboxylic acids is 2. The summed E-state index contributed by atoms with van der Waals surface area (Å²) < 4.78 is 0. The molecule has 0 aromatic heterocycles. The van der Waals surface area contributed by atoms with Crippen LogP contribution in [0, 0.1) is 23.7 Å². The molecule has 1 aliphatic heterocycles. The lowest BCUT2D eigenvalue weighted by atomic mass is 9.78. The molecule has 1 saturated heterocycles. The Morgan fingerprint density at radius 3 is 1.11 bits per heavy atom. The van der Waals surface area contributed by atoms with Gasteiger partial charge in [-0.1, -0.05) is 25.7 Å². The fourth-order valence-electron chi connectivity index (χ4n) is 5.06. The molecule has 2 N–H and O–H groups in total. The minimum atomic E-state index is -0.899. The normalized spacial score (nSPS) is 31.3. The summed E-state index contributed by atoms with van der Waals surface area (Å²) in [6.07, 6.45) is 5.73. The van der Waals surface area contributed by atoms with Crippen LogP contribution >= 0.6 is 0 Å². The van der Waals surface area contributed by atoms with Crippen molar-refractivity contribution in [3.63, 3.8) is 0 Å². The van der Waals surface area contributed by atoms with Crippen molar-refractivity contribution in [2.75, 3.05) is 26.2 Å². The fourth-order valence-corrected chi connectivity index (χ4v) is 5.06. The molecule has 2 aliphatic carbocycles. The summed E-state index contributed by atoms with van der Waals surface area (Å²) in [6.45, 7) is 1.55. The molecule has 3 aliphatic rings. The maximum absolute atomic E-state index is 12.9. The van der Waals surface area contributed by atoms with Crippen molar-refractivity contribution < 1.29 is 29.4 Å². The van der Waals surface area contributed by atoms with Gasteiger partial charge in [0, 0.05) is 26.2 Å². The summed E-state index contributed by atoms with van der Waals surface area (Å²) >= 11 is 0. The summed E-state index contributed by atoms with van der Waals surface area (Å²) in [5, 5.41) is 18.8. The third-order valence-electron chi connectivity index (χ3n) is 6.70. The van der Waals surface area contributed by atoms with Gasteiger partial charge in [0.25, 0.3) is 0 Å². The van der Waals surface area contributed by atoms with Crippen molar-refractivity contribution in [1.29, 1.82) is 0 Å². The van der Waals surface area contributed by atoms with Crippen molar-refractivity contribution in [3.8, 4) is 0 Å². The van der Waals surface area contributed by atoms with Crippen molar-refractivity contribution in [1.82, 2.24) is 9.80 Å². The minimum absolute atomic E-state index is 0.111. The maximum Gasteiger partial charge on any atom is 0.307 e. The third kappa shape index (κ3) is 4.31. The fraction of sp³-hybridized carbons (Fsp3) is 0.800. The van der Waals surface area contributed by atoms with Crippen LogP contribution in [0.25, 0.3) is 0 Å². The molecule has 4 atom stereocenters. The number of carbonyl (C=O) groups is 4. The van der Waals surface area contributed by atoms with Crippen LogP contribution in [-0.2, 0) is 19.2 Å². The Morgan fingerprint density at radius 2 is 0.821 bits per heavy atom. The average Bonchev–Trinajstić information content (AvgIpc) is 2.72. The van der Waals surface area contributed by atoms with E-state index in [9.17, 15) is 29.4 Å². The van der Waals surface area contributed by atoms with Gasteiger partial charge in [0.1, 0.15) is 0 Å². The van der Waals surface area contributed by atoms with Crippen LogP contribution in [0.3, 0.4) is 0 Å². The van der Waals surface area contributed by atoms with E-state index in [1.54, 1.807) is 9.80 Å². The van der Waals surface area contributed by atoms with Gasteiger partial charge < -0.3 is 20.0 Å². The van der Waals surface area contributed by atoms with E-state index in [2.05, 4.69) is 0 Å². The number of nitrogens with zero attached hydrogens (tertiary/aromatic N) is 2. The van der Waals surface area contributed by atoms with E-state index >= 15 is 0 Å². The zero-order valence-electron chi connectivity index (χ0n) is 16.2. The quantitative estimate of drug-likeness (QED) is 0.745. The molecular weight excluding hydrogens is 364 g/mol. The van der Waals surface area contributed by atoms with Crippen LogP contribution in [-0.4, -0.2) is 69.9 Å². The molecule has 0 radical (unpaired) electrons. The first kappa shape index (κ1) is 20.6. The summed E-state index contributed by atoms with van der Waals surface area (Å²) in [4.78, 5) is 52.1. The zero-order valence-corrected chi connectivity index (χ0v) is 16.2. The number of rotatable bonds is 4. The van der Waals surface area contributed by atoms with E-state index in [-0.39, 0.29) is 11.8 Å². The lowest BCUT2D eigenvalue weighted by Crippen LogP contribution is -2.55. The van der Waals surface area contributed by atoms with Crippen LogP contribution < -0.4 is 0 Å². The Labute approximate surface area is 164 Å². The highest BCUT2D eigenvalue weighted by Gasteiger charge is 2.41. The number of carbonyl (C=O) groups excluding carboxylic acids is 2. The van der Waals surface area contributed by atoms with E-state index in [0.29, 0.717) is 51.9 Å². The molecule has 28 heavy (non-hydrogen) atoms. The standard InChI is InChI=1S/C20H30N2O6/c23-17(13-5-1-3-7-15(13)19(25)26)21-9-11-22(12-10-21)18(24)14-6-2-4-8-16(14)20(27)28/h13-16H,1-12H2,(H,25,26)(H,27,28)/t13-,14-,15-,16+/m0/s1. The van der Waals surface area contributed by atoms with Gasteiger partial charge >= 0.3 is 11.9 Å². The maximum atomic E-state index is 12.9. The predicted molar refractivity (Wildman–Crippen MR) is 99.3 cm³/mol. The molecule has 8 nitrogen and oxygen atoms in total. The Balaban J connectivity index is 1.57. The molecule has 0 aromatic carbocycles. The highest BCUT2D eigenvalue weighted by molar-refractivity contribution is 5.86. The van der Waals surface area contributed by atoms with Crippen molar-refractivity contribution >= 4 is 23.8 Å². The van der Waals surface area contributed by atoms with E-state index in [1.165, 1.54) is 0 Å². The number of piperazine rings is 1. The van der Waals surface area contributed by atoms with Gasteiger partial charge in [0.2, 0.25) is 11.8 Å². The van der Waals surface area contributed by atoms with Gasteiger partial charge in [-0.3, -0.25) is 19.2 Å². The van der Waals surface area contributed by atoms with Crippen LogP contribution in [0.2, 0.25) is 0 Å². The Morgan fingerprint density at radius 1 is 0.536 bits per heavy atom. The zero-order chi connectivity index (χ0) is 20.3. The SMILES string of the molecule is O=C(O)[C@H]1CCCC[C@@H]1C(=O)N1CCN(C(=O)[C@H]2CCCC[C@H]2C(=O)O)CC1. The van der Waals surface area contributed by atoms with E-state index < -0.39 is 35.6 Å². The number of carboxylic acid groups (broad SMARTS) is 2. The molecule has 0 spiro atoms. The highest BCUT2D eigenvalue weighted by Crippen LogP contribution is 2.33. The second-order valence-electron chi connectivity index (χ2n) is 8.32. The number of hydrogen-bond acceptors (Lipinski definition) is 4. The van der Waals surface area contributed by atoms with Crippen LogP contribution in [0.5, 0.6) is 0 Å². The lowest BCUT2D eigenvalue weighted by Gasteiger charge is -2.40. The molecule has 0 aromatic rings. The topological polar surface area (TPSA) is 115 Å². The van der Waals surface area contributed by atoms with Crippen molar-refractivity contribution in [2.45, 2.75) is 51.4 Å². The smallest absolute Gasteiger partial charge is 0.307 e. The molecule has 0 unspecified atom stereocenters. The third-order valence-corrected chi connectivity index (χ3v) is 6.70. The van der Waals surface area contributed by atoms with Gasteiger partial charge in [-0.15, -0.1) is 0 Å². The Kier molecular flexibility index (Phi) is 6.57. The van der Waals surface area contributed by atoms with Gasteiger partial charge in [0.15, 0.2) is 0 Å². The van der Waals surface area contributed by atoms with Crippen LogP contribution in [0.1, 0.15) is 51.4 Å². The molecule has 156 valence electrons. The molecule has 2 saturated carbocycles. The molecule has 1 heterocycles. The number of hydrogen-bond donors (Lipinski definition) is 2. The monoisotopic (exact) mass is 394 g/mol. The largest absolute Gasteiger partial charge is 0.481 e. The lowest BCUT2D eigenvalue weighted by molar-refractivity contribution is -0.156. The first-order valence-corrected chi connectivity index (χ1v) is 10.4. The van der Waals surface area contributed by atoms with E-state index in [0.717, 1.165) is 25.7 Å². The highest BCUT2D eigenvalue weighted by atomic mass is 16.4. The second-order valence-corrected chi connectivity index (χ2v) is 8.32. The van der Waals surface area contributed by atoms with Gasteiger partial charge in [-0.05, 0) is 25.7 Å². The van der Waals surface area contributed by atoms with Gasteiger partial charge in [-0.2, -0.15) is 0 Å². The Hall–Kier alpha value is -2.12. The van der Waals surface area contributed by atoms with Crippen molar-refractivity contribution in [3.05, 3.63) is 0 Å². The summed E-state index contributed by atoms with van der Waals surface area (Å²) in [5.74, 6) is -4.18. The summed E-state index contributed by atoms with van der Waals surface area (Å²) in [7, 11) is 0. The van der Waals surface area contributed by atoms with E-state index in [1.807, 2.05) is 0 Å². The first-order chi connectivity index (χ1) is 13.4. The van der Waals surface area contributed by atoms with Gasteiger partial charge in [0.05, 0.1) is 23.7 Å². The molecular formula is C20H30N2O6. The van der Waals surface area contributed by atoms with Crippen LogP contribution in [0.4, 0.5) is 0 Å². The summed E-state index contributed by atoms with van der Waals surface area (Å²) in [5.41, 5.74) is 0. The number of amides is 2. The van der Waals surface area contributed by atoms with Crippen molar-refractivity contribution in [2.24, 2.45) is 23.7 Å². The molecule has 0 bridgehead atoms. The van der Waals surface area contributed by atoms with Gasteiger partial charge in [-0.25, -0.2) is 0 Å². The number of carboxylic acids is 2. The van der Waals surface area contributed by atoms with Crippen LogP contribution in [0.15, 0.2) is 0 Å². The minimum Gasteiger partial charge on any atom is -0.481 e. The predicted octanol–water partition coefficient (Wildman–Crippen LogP) is 1.44. The first-order valence-electron chi connectivity index (χ1n) is 10.4. The average molecular weight is 394 g/mol. The summed E-state index contributed by atoms with van der Waals surface area (Å²) in [6, 6.07) is 0.